The van der Waals surface area contributed by atoms with Gasteiger partial charge >= 0.3 is 0 Å². The molecule has 1 aliphatic carbocycles. The Bertz CT molecular complexity index is 1160. The van der Waals surface area contributed by atoms with Crippen molar-refractivity contribution in [3.05, 3.63) is 48.5 Å². The Morgan fingerprint density at radius 2 is 1.91 bits per heavy atom. The summed E-state index contributed by atoms with van der Waals surface area (Å²) in [6.07, 6.45) is 9.35. The zero-order valence-corrected chi connectivity index (χ0v) is 19.6. The summed E-state index contributed by atoms with van der Waals surface area (Å²) in [5.74, 6) is 0.187. The van der Waals surface area contributed by atoms with Crippen LogP contribution in [0.3, 0.4) is 0 Å². The van der Waals surface area contributed by atoms with Gasteiger partial charge in [-0.25, -0.2) is 14.6 Å². The van der Waals surface area contributed by atoms with E-state index in [1.165, 1.54) is 6.20 Å². The number of morpholine rings is 1. The molecule has 0 radical (unpaired) electrons. The Kier molecular flexibility index (Phi) is 6.77. The molecule has 1 saturated carbocycles. The number of nitrogens with one attached hydrogen (secondary N) is 2. The van der Waals surface area contributed by atoms with Gasteiger partial charge < -0.3 is 31.7 Å². The Hall–Kier alpha value is -3.70. The van der Waals surface area contributed by atoms with Crippen molar-refractivity contribution >= 4 is 28.9 Å². The maximum Gasteiger partial charge on any atom is 0.271 e. The first-order valence-electron chi connectivity index (χ1n) is 12.0. The van der Waals surface area contributed by atoms with E-state index in [1.807, 2.05) is 24.4 Å². The maximum atomic E-state index is 12.1. The zero-order valence-electron chi connectivity index (χ0n) is 19.6. The topological polar surface area (TPSA) is 149 Å². The van der Waals surface area contributed by atoms with Gasteiger partial charge in [-0.2, -0.15) is 5.10 Å². The first-order chi connectivity index (χ1) is 17.1. The fourth-order valence-electron chi connectivity index (χ4n) is 4.62. The van der Waals surface area contributed by atoms with E-state index < -0.39 is 5.91 Å². The van der Waals surface area contributed by atoms with Gasteiger partial charge in [-0.1, -0.05) is 12.8 Å². The van der Waals surface area contributed by atoms with Crippen LogP contribution in [-0.2, 0) is 4.74 Å². The number of carbonyl (C=O) groups is 1. The molecule has 11 nitrogen and oxygen atoms in total. The summed E-state index contributed by atoms with van der Waals surface area (Å²) in [6, 6.07) is 8.08. The van der Waals surface area contributed by atoms with Crippen molar-refractivity contribution in [2.45, 2.75) is 37.8 Å². The smallest absolute Gasteiger partial charge is 0.271 e. The van der Waals surface area contributed by atoms with Crippen LogP contribution in [-0.4, -0.2) is 64.0 Å². The molecule has 1 aromatic carbocycles. The normalized spacial score (nSPS) is 20.4. The summed E-state index contributed by atoms with van der Waals surface area (Å²) in [6.45, 7) is 2.91. The highest BCUT2D eigenvalue weighted by Gasteiger charge is 2.23. The lowest BCUT2D eigenvalue weighted by atomic mass is 9.91. The number of rotatable bonds is 7. The van der Waals surface area contributed by atoms with Crippen LogP contribution in [0.15, 0.2) is 42.9 Å². The van der Waals surface area contributed by atoms with Gasteiger partial charge in [0.25, 0.3) is 5.91 Å². The van der Waals surface area contributed by atoms with Crippen LogP contribution in [0.2, 0.25) is 0 Å². The Balaban J connectivity index is 1.47. The molecule has 184 valence electrons. The molecule has 5 rings (SSSR count). The molecule has 1 amide bonds. The standard InChI is InChI=1S/C24H31N9O2/c25-19-4-1-2-5-20(19)30-21-15-27-22(23(26)34)24(31-21)29-16-12-17(32-8-10-35-11-9-32)14-18(13-16)33-7-3-6-28-33/h3,6-7,12-15,19-20H,1-2,4-5,8-11,25H2,(H2,26,34)(H2,29,30,31). The number of ether oxygens (including phenoxy) is 1. The van der Waals surface area contributed by atoms with E-state index in [1.54, 1.807) is 10.9 Å². The fraction of sp³-hybridized carbons (Fsp3) is 0.417. The second-order valence-electron chi connectivity index (χ2n) is 8.93. The molecule has 6 N–H and O–H groups in total. The van der Waals surface area contributed by atoms with Gasteiger partial charge in [0.2, 0.25) is 0 Å². The highest BCUT2D eigenvalue weighted by atomic mass is 16.5. The molecular formula is C24H31N9O2. The number of nitrogens with two attached hydrogens (primary N) is 2. The summed E-state index contributed by atoms with van der Waals surface area (Å²) < 4.78 is 7.30. The third kappa shape index (κ3) is 5.36. The van der Waals surface area contributed by atoms with Gasteiger partial charge in [0.05, 0.1) is 25.1 Å². The highest BCUT2D eigenvalue weighted by Crippen LogP contribution is 2.29. The van der Waals surface area contributed by atoms with Crippen molar-refractivity contribution < 1.29 is 9.53 Å². The molecule has 1 saturated heterocycles. The average Bonchev–Trinajstić information content (AvgIpc) is 3.41. The predicted molar refractivity (Wildman–Crippen MR) is 134 cm³/mol. The van der Waals surface area contributed by atoms with Crippen molar-refractivity contribution in [2.24, 2.45) is 11.5 Å². The third-order valence-electron chi connectivity index (χ3n) is 6.47. The van der Waals surface area contributed by atoms with Crippen molar-refractivity contribution in [3.8, 4) is 5.69 Å². The third-order valence-corrected chi connectivity index (χ3v) is 6.47. The quantitative estimate of drug-likeness (QED) is 0.401. The first-order valence-corrected chi connectivity index (χ1v) is 12.0. The number of hydrogen-bond donors (Lipinski definition) is 4. The lowest BCUT2D eigenvalue weighted by Crippen LogP contribution is -2.42. The minimum Gasteiger partial charge on any atom is -0.378 e. The SMILES string of the molecule is NC(=O)c1ncc(NC2CCCCC2N)nc1Nc1cc(N2CCOCC2)cc(-n2cccn2)c1. The number of primary amides is 1. The van der Waals surface area contributed by atoms with Crippen LogP contribution in [0.5, 0.6) is 0 Å². The van der Waals surface area contributed by atoms with Crippen molar-refractivity contribution in [1.82, 2.24) is 19.7 Å². The first kappa shape index (κ1) is 23.1. The number of anilines is 4. The summed E-state index contributed by atoms with van der Waals surface area (Å²) in [5.41, 5.74) is 14.6. The number of aromatic nitrogens is 4. The molecule has 3 aromatic rings. The molecular weight excluding hydrogens is 446 g/mol. The van der Waals surface area contributed by atoms with E-state index in [4.69, 9.17) is 16.2 Å². The monoisotopic (exact) mass is 477 g/mol. The summed E-state index contributed by atoms with van der Waals surface area (Å²) in [4.78, 5) is 23.3. The van der Waals surface area contributed by atoms with Crippen molar-refractivity contribution in [1.29, 1.82) is 0 Å². The van der Waals surface area contributed by atoms with Crippen LogP contribution < -0.4 is 27.0 Å². The van der Waals surface area contributed by atoms with Crippen LogP contribution in [0.1, 0.15) is 36.2 Å². The minimum atomic E-state index is -0.655. The summed E-state index contributed by atoms with van der Waals surface area (Å²) >= 11 is 0. The lowest BCUT2D eigenvalue weighted by molar-refractivity contribution is 0.0996. The predicted octanol–water partition coefficient (Wildman–Crippen LogP) is 2.02. The molecule has 0 spiro atoms. The Morgan fingerprint density at radius 3 is 2.66 bits per heavy atom. The lowest BCUT2D eigenvalue weighted by Gasteiger charge is -2.30. The van der Waals surface area contributed by atoms with Crippen molar-refractivity contribution in [2.75, 3.05) is 41.8 Å². The molecule has 3 heterocycles. The second kappa shape index (κ2) is 10.3. The fourth-order valence-corrected chi connectivity index (χ4v) is 4.62. The zero-order chi connectivity index (χ0) is 24.2. The Labute approximate surface area is 203 Å². The van der Waals surface area contributed by atoms with Crippen molar-refractivity contribution in [3.63, 3.8) is 0 Å². The van der Waals surface area contributed by atoms with Gasteiger partial charge in [-0.05, 0) is 37.1 Å². The molecule has 11 heteroatoms. The van der Waals surface area contributed by atoms with Crippen LogP contribution >= 0.6 is 0 Å². The van der Waals surface area contributed by atoms with Crippen LogP contribution in [0.25, 0.3) is 5.69 Å². The number of hydrogen-bond acceptors (Lipinski definition) is 9. The molecule has 2 aromatic heterocycles. The minimum absolute atomic E-state index is 0.0552. The summed E-state index contributed by atoms with van der Waals surface area (Å²) in [5, 5.41) is 11.0. The van der Waals surface area contributed by atoms with Gasteiger partial charge in [0.1, 0.15) is 5.82 Å². The Morgan fingerprint density at radius 1 is 1.11 bits per heavy atom. The molecule has 2 atom stereocenters. The number of carbonyl (C=O) groups excluding carboxylic acids is 1. The van der Waals surface area contributed by atoms with Gasteiger partial charge in [0, 0.05) is 48.9 Å². The van der Waals surface area contributed by atoms with E-state index in [9.17, 15) is 4.79 Å². The molecule has 35 heavy (non-hydrogen) atoms. The largest absolute Gasteiger partial charge is 0.378 e. The maximum absolute atomic E-state index is 12.1. The van der Waals surface area contributed by atoms with Gasteiger partial charge in [-0.3, -0.25) is 4.79 Å². The average molecular weight is 478 g/mol. The number of amides is 1. The molecule has 0 bridgehead atoms. The number of nitrogens with zero attached hydrogens (tertiary/aromatic N) is 5. The highest BCUT2D eigenvalue weighted by molar-refractivity contribution is 5.96. The van der Waals surface area contributed by atoms with E-state index >= 15 is 0 Å². The van der Waals surface area contributed by atoms with Gasteiger partial charge in [-0.15, -0.1) is 0 Å². The van der Waals surface area contributed by atoms with E-state index in [2.05, 4.69) is 36.7 Å². The molecule has 2 fully saturated rings. The van der Waals surface area contributed by atoms with Gasteiger partial charge in [0.15, 0.2) is 11.5 Å². The van der Waals surface area contributed by atoms with Crippen LogP contribution in [0.4, 0.5) is 23.0 Å². The van der Waals surface area contributed by atoms with E-state index in [0.717, 1.165) is 55.8 Å². The molecule has 2 unspecified atom stereocenters. The second-order valence-corrected chi connectivity index (χ2v) is 8.93. The molecule has 1 aliphatic heterocycles. The molecule has 2 aliphatic rings. The van der Waals surface area contributed by atoms with E-state index in [-0.39, 0.29) is 23.6 Å². The summed E-state index contributed by atoms with van der Waals surface area (Å²) in [7, 11) is 0. The van der Waals surface area contributed by atoms with Crippen LogP contribution in [0, 0.1) is 0 Å². The number of benzene rings is 1. The van der Waals surface area contributed by atoms with E-state index in [0.29, 0.717) is 19.0 Å².